The zero-order valence-electron chi connectivity index (χ0n) is 16.4. The number of nitrogens with one attached hydrogen (secondary N) is 2. The third-order valence-corrected chi connectivity index (χ3v) is 5.91. The summed E-state index contributed by atoms with van der Waals surface area (Å²) in [6.45, 7) is 3.73. The van der Waals surface area contributed by atoms with Crippen LogP contribution in [0.15, 0.2) is 51.3 Å². The number of carbonyl (C=O) groups excluding carboxylic acids is 3. The molecule has 162 valence electrons. The summed E-state index contributed by atoms with van der Waals surface area (Å²) in [5.41, 5.74) is 0.935. The quantitative estimate of drug-likeness (QED) is 0.348. The van der Waals surface area contributed by atoms with E-state index < -0.39 is 28.0 Å². The minimum absolute atomic E-state index is 0.0288. The van der Waals surface area contributed by atoms with Gasteiger partial charge in [-0.05, 0) is 65.7 Å². The Hall–Kier alpha value is -3.18. The molecule has 1 fully saturated rings. The second-order valence-corrected chi connectivity index (χ2v) is 8.81. The molecule has 0 spiro atoms. The van der Waals surface area contributed by atoms with Gasteiger partial charge in [-0.15, -0.1) is 0 Å². The van der Waals surface area contributed by atoms with Crippen molar-refractivity contribution in [1.29, 1.82) is 0 Å². The maximum atomic E-state index is 12.7. The third-order valence-electron chi connectivity index (χ3n) is 4.09. The van der Waals surface area contributed by atoms with Crippen LogP contribution < -0.4 is 19.6 Å². The maximum Gasteiger partial charge on any atom is 0.339 e. The van der Waals surface area contributed by atoms with Crippen LogP contribution in [-0.2, 0) is 19.7 Å². The summed E-state index contributed by atoms with van der Waals surface area (Å²) in [6, 6.07) is 8.11. The summed E-state index contributed by atoms with van der Waals surface area (Å²) in [6.07, 6.45) is 1.24. The van der Waals surface area contributed by atoms with Gasteiger partial charge in [-0.25, -0.2) is 4.79 Å². The third kappa shape index (κ3) is 5.12. The molecule has 9 nitrogen and oxygen atoms in total. The van der Waals surface area contributed by atoms with Crippen LogP contribution in [0, 0.1) is 6.92 Å². The predicted molar refractivity (Wildman–Crippen MR) is 114 cm³/mol. The molecule has 0 aliphatic carbocycles. The molecule has 0 bridgehead atoms. The molecular weight excluding hydrogens is 492 g/mol. The van der Waals surface area contributed by atoms with E-state index in [1.165, 1.54) is 30.3 Å². The Labute approximate surface area is 186 Å². The molecule has 0 radical (unpaired) electrons. The van der Waals surface area contributed by atoms with Crippen molar-refractivity contribution < 1.29 is 31.7 Å². The lowest BCUT2D eigenvalue weighted by atomic mass is 10.1. The monoisotopic (exact) mass is 508 g/mol. The van der Waals surface area contributed by atoms with Gasteiger partial charge >= 0.3 is 16.1 Å². The standard InChI is InChI=1S/C20H17BrN2O7S/c1-3-29-16-10-12(8-14-18(24)22-20(26)23-19(14)25)9-15(21)17(16)30-31(27,28)13-6-4-11(2)5-7-13/h4-10H,3H2,1-2H3,(H2,22,23,24,25,26). The Balaban J connectivity index is 2.00. The van der Waals surface area contributed by atoms with Crippen LogP contribution in [0.3, 0.4) is 0 Å². The van der Waals surface area contributed by atoms with Gasteiger partial charge in [-0.2, -0.15) is 8.42 Å². The fraction of sp³-hybridized carbons (Fsp3) is 0.150. The van der Waals surface area contributed by atoms with E-state index in [1.54, 1.807) is 19.1 Å². The van der Waals surface area contributed by atoms with Gasteiger partial charge in [0, 0.05) is 0 Å². The number of halogens is 1. The van der Waals surface area contributed by atoms with Crippen LogP contribution in [0.5, 0.6) is 11.5 Å². The second kappa shape index (κ2) is 8.90. The van der Waals surface area contributed by atoms with E-state index in [1.807, 2.05) is 17.6 Å². The second-order valence-electron chi connectivity index (χ2n) is 6.41. The van der Waals surface area contributed by atoms with Crippen molar-refractivity contribution in [3.63, 3.8) is 0 Å². The summed E-state index contributed by atoms with van der Waals surface area (Å²) < 4.78 is 36.4. The zero-order valence-corrected chi connectivity index (χ0v) is 18.8. The Morgan fingerprint density at radius 2 is 1.65 bits per heavy atom. The Morgan fingerprint density at radius 1 is 1.03 bits per heavy atom. The van der Waals surface area contributed by atoms with Crippen LogP contribution in [0.25, 0.3) is 6.08 Å². The summed E-state index contributed by atoms with van der Waals surface area (Å²) in [4.78, 5) is 35.1. The van der Waals surface area contributed by atoms with E-state index in [2.05, 4.69) is 15.9 Å². The first-order valence-electron chi connectivity index (χ1n) is 8.96. The maximum absolute atomic E-state index is 12.7. The number of rotatable bonds is 6. The van der Waals surface area contributed by atoms with E-state index >= 15 is 0 Å². The molecule has 1 aliphatic rings. The minimum Gasteiger partial charge on any atom is -0.490 e. The fourth-order valence-electron chi connectivity index (χ4n) is 2.65. The topological polar surface area (TPSA) is 128 Å². The van der Waals surface area contributed by atoms with Crippen LogP contribution in [0.4, 0.5) is 4.79 Å². The number of amides is 4. The van der Waals surface area contributed by atoms with Crippen molar-refractivity contribution in [3.05, 3.63) is 57.6 Å². The van der Waals surface area contributed by atoms with E-state index in [4.69, 9.17) is 8.92 Å². The van der Waals surface area contributed by atoms with Gasteiger partial charge in [0.15, 0.2) is 11.5 Å². The van der Waals surface area contributed by atoms with Gasteiger partial charge in [0.1, 0.15) is 10.5 Å². The molecule has 0 saturated carbocycles. The van der Waals surface area contributed by atoms with Crippen molar-refractivity contribution in [2.24, 2.45) is 0 Å². The molecule has 2 aromatic carbocycles. The smallest absolute Gasteiger partial charge is 0.339 e. The molecule has 2 N–H and O–H groups in total. The molecule has 3 rings (SSSR count). The Morgan fingerprint density at radius 3 is 2.23 bits per heavy atom. The minimum atomic E-state index is -4.15. The number of imide groups is 2. The molecule has 0 aromatic heterocycles. The Kier molecular flexibility index (Phi) is 6.46. The fourth-order valence-corrected chi connectivity index (χ4v) is 4.26. The lowest BCUT2D eigenvalue weighted by Gasteiger charge is -2.16. The molecule has 1 aliphatic heterocycles. The first kappa shape index (κ1) is 22.5. The highest BCUT2D eigenvalue weighted by Crippen LogP contribution is 2.39. The van der Waals surface area contributed by atoms with Crippen molar-refractivity contribution in [1.82, 2.24) is 10.6 Å². The van der Waals surface area contributed by atoms with Crippen LogP contribution in [0.2, 0.25) is 0 Å². The highest BCUT2D eigenvalue weighted by molar-refractivity contribution is 9.10. The number of urea groups is 1. The van der Waals surface area contributed by atoms with Crippen molar-refractivity contribution in [2.75, 3.05) is 6.61 Å². The number of ether oxygens (including phenoxy) is 1. The molecule has 0 atom stereocenters. The van der Waals surface area contributed by atoms with Crippen LogP contribution in [0.1, 0.15) is 18.1 Å². The summed E-state index contributed by atoms with van der Waals surface area (Å²) in [5, 5.41) is 3.95. The van der Waals surface area contributed by atoms with Crippen molar-refractivity contribution >= 4 is 50.0 Å². The van der Waals surface area contributed by atoms with Gasteiger partial charge in [0.25, 0.3) is 11.8 Å². The molecule has 4 amide bonds. The first-order valence-corrected chi connectivity index (χ1v) is 11.2. The normalized spacial score (nSPS) is 14.0. The molecule has 31 heavy (non-hydrogen) atoms. The lowest BCUT2D eigenvalue weighted by Crippen LogP contribution is -2.51. The van der Waals surface area contributed by atoms with Gasteiger partial charge < -0.3 is 8.92 Å². The predicted octanol–water partition coefficient (Wildman–Crippen LogP) is 2.67. The van der Waals surface area contributed by atoms with E-state index in [0.29, 0.717) is 5.56 Å². The number of hydrogen-bond donors (Lipinski definition) is 2. The molecular formula is C20H17BrN2O7S. The largest absolute Gasteiger partial charge is 0.490 e. The lowest BCUT2D eigenvalue weighted by molar-refractivity contribution is -0.123. The first-order chi connectivity index (χ1) is 14.6. The van der Waals surface area contributed by atoms with Gasteiger partial charge in [-0.1, -0.05) is 17.7 Å². The van der Waals surface area contributed by atoms with Crippen LogP contribution >= 0.6 is 15.9 Å². The molecule has 2 aromatic rings. The SMILES string of the molecule is CCOc1cc(C=C2C(=O)NC(=O)NC2=O)cc(Br)c1OS(=O)(=O)c1ccc(C)cc1. The number of aryl methyl sites for hydroxylation is 1. The van der Waals surface area contributed by atoms with E-state index in [-0.39, 0.29) is 33.0 Å². The van der Waals surface area contributed by atoms with Crippen LogP contribution in [-0.4, -0.2) is 32.9 Å². The summed E-state index contributed by atoms with van der Waals surface area (Å²) in [7, 11) is -4.15. The van der Waals surface area contributed by atoms with Crippen molar-refractivity contribution in [3.8, 4) is 11.5 Å². The Bertz CT molecular complexity index is 1180. The van der Waals surface area contributed by atoms with Gasteiger partial charge in [-0.3, -0.25) is 20.2 Å². The summed E-state index contributed by atoms with van der Waals surface area (Å²) >= 11 is 3.26. The number of hydrogen-bond acceptors (Lipinski definition) is 7. The molecule has 1 heterocycles. The highest BCUT2D eigenvalue weighted by Gasteiger charge is 2.28. The zero-order chi connectivity index (χ0) is 22.8. The highest BCUT2D eigenvalue weighted by atomic mass is 79.9. The van der Waals surface area contributed by atoms with E-state index in [0.717, 1.165) is 5.56 Å². The van der Waals surface area contributed by atoms with E-state index in [9.17, 15) is 22.8 Å². The van der Waals surface area contributed by atoms with Crippen molar-refractivity contribution in [2.45, 2.75) is 18.7 Å². The molecule has 1 saturated heterocycles. The summed E-state index contributed by atoms with van der Waals surface area (Å²) in [5.74, 6) is -1.72. The van der Waals surface area contributed by atoms with Gasteiger partial charge in [0.2, 0.25) is 0 Å². The van der Waals surface area contributed by atoms with Gasteiger partial charge in [0.05, 0.1) is 11.1 Å². The number of carbonyl (C=O) groups is 3. The molecule has 0 unspecified atom stereocenters. The average molecular weight is 509 g/mol. The number of barbiturate groups is 1. The molecule has 11 heteroatoms. The average Bonchev–Trinajstić information content (AvgIpc) is 2.68. The number of benzene rings is 2.